The molecule has 244 valence electrons. The summed E-state index contributed by atoms with van der Waals surface area (Å²) in [4.78, 5) is 26.8. The number of benzene rings is 2. The SMILES string of the molecule is CN(C)[C@]1(C)C[C@@H](C(=O)N2CCC(c3ccnn3-c3ccc(F)c(Cl)c3)CC2)[C@H](c2ccc(F)cc2F)C1.O=C(O)C(F)(F)F. The summed E-state index contributed by atoms with van der Waals surface area (Å²) in [6.45, 7) is 3.25. The van der Waals surface area contributed by atoms with Crippen LogP contribution in [0.15, 0.2) is 48.7 Å². The van der Waals surface area contributed by atoms with Crippen LogP contribution in [-0.4, -0.2) is 75.5 Å². The Bertz CT molecular complexity index is 1540. The van der Waals surface area contributed by atoms with Crippen LogP contribution in [0.2, 0.25) is 5.02 Å². The molecule has 1 aromatic heterocycles. The molecule has 1 saturated heterocycles. The fourth-order valence-corrected chi connectivity index (χ4v) is 6.33. The molecule has 2 heterocycles. The minimum atomic E-state index is -5.08. The number of piperidine rings is 1. The van der Waals surface area contributed by atoms with Crippen LogP contribution in [0.5, 0.6) is 0 Å². The van der Waals surface area contributed by atoms with Gasteiger partial charge in [-0.05, 0) is 82.6 Å². The highest BCUT2D eigenvalue weighted by molar-refractivity contribution is 6.30. The van der Waals surface area contributed by atoms with E-state index in [1.165, 1.54) is 18.2 Å². The zero-order valence-corrected chi connectivity index (χ0v) is 25.5. The Labute approximate surface area is 261 Å². The minimum absolute atomic E-state index is 0.0292. The largest absolute Gasteiger partial charge is 0.490 e. The number of alkyl halides is 3. The molecule has 1 saturated carbocycles. The summed E-state index contributed by atoms with van der Waals surface area (Å²) in [5.41, 5.74) is 1.82. The molecule has 3 atom stereocenters. The van der Waals surface area contributed by atoms with Crippen molar-refractivity contribution in [2.24, 2.45) is 5.92 Å². The van der Waals surface area contributed by atoms with E-state index in [0.717, 1.165) is 24.6 Å². The molecule has 1 N–H and O–H groups in total. The molecule has 2 fully saturated rings. The van der Waals surface area contributed by atoms with Gasteiger partial charge in [0.05, 0.1) is 10.7 Å². The normalized spacial score (nSPS) is 22.3. The van der Waals surface area contributed by atoms with Crippen molar-refractivity contribution in [1.29, 1.82) is 0 Å². The van der Waals surface area contributed by atoms with Crippen LogP contribution in [0, 0.1) is 23.4 Å². The Morgan fingerprint density at radius 2 is 1.64 bits per heavy atom. The quantitative estimate of drug-likeness (QED) is 0.305. The average molecular weight is 659 g/mol. The summed E-state index contributed by atoms with van der Waals surface area (Å²) in [5, 5.41) is 11.6. The molecule has 1 aliphatic heterocycles. The zero-order chi connectivity index (χ0) is 33.3. The Morgan fingerprint density at radius 1 is 1.00 bits per heavy atom. The van der Waals surface area contributed by atoms with Gasteiger partial charge in [-0.1, -0.05) is 17.7 Å². The monoisotopic (exact) mass is 658 g/mol. The van der Waals surface area contributed by atoms with Crippen molar-refractivity contribution in [2.45, 2.75) is 56.2 Å². The highest BCUT2D eigenvalue weighted by Crippen LogP contribution is 2.49. The third-order valence-electron chi connectivity index (χ3n) is 8.85. The number of carboxylic acids is 1. The van der Waals surface area contributed by atoms with Crippen LogP contribution in [0.4, 0.5) is 26.3 Å². The van der Waals surface area contributed by atoms with Gasteiger partial charge in [-0.2, -0.15) is 18.3 Å². The Morgan fingerprint density at radius 3 is 2.20 bits per heavy atom. The van der Waals surface area contributed by atoms with Crippen molar-refractivity contribution >= 4 is 23.5 Å². The minimum Gasteiger partial charge on any atom is -0.475 e. The lowest BCUT2D eigenvalue weighted by Gasteiger charge is -2.35. The summed E-state index contributed by atoms with van der Waals surface area (Å²) >= 11 is 5.99. The predicted octanol–water partition coefficient (Wildman–Crippen LogP) is 6.80. The number of hydrogen-bond acceptors (Lipinski definition) is 4. The van der Waals surface area contributed by atoms with E-state index in [1.54, 1.807) is 23.0 Å². The fraction of sp³-hybridized carbons (Fsp3) is 0.452. The molecule has 0 spiro atoms. The van der Waals surface area contributed by atoms with Crippen molar-refractivity contribution in [3.63, 3.8) is 0 Å². The van der Waals surface area contributed by atoms with Crippen LogP contribution in [0.25, 0.3) is 5.69 Å². The number of nitrogens with zero attached hydrogens (tertiary/aromatic N) is 4. The number of carbonyl (C=O) groups excluding carboxylic acids is 1. The van der Waals surface area contributed by atoms with Gasteiger partial charge >= 0.3 is 12.1 Å². The standard InChI is InChI=1S/C29H32ClF3N4O.C2HF3O2/c1-29(35(2)3)16-22(21-6-4-19(31)14-26(21)33)23(17-29)28(38)36-12-9-18(10-13-36)27-8-11-34-37(27)20-5-7-25(32)24(30)15-20;3-2(4,5)1(6)7/h4-8,11,14-15,18,22-23H,9-10,12-13,16-17H2,1-3H3;(H,6,7)/t22-,23+,29-;/m0./s1. The number of aromatic nitrogens is 2. The summed E-state index contributed by atoms with van der Waals surface area (Å²) in [6, 6.07) is 10.2. The molecular formula is C31H33ClF6N4O3. The van der Waals surface area contributed by atoms with Crippen molar-refractivity contribution in [3.8, 4) is 5.69 Å². The molecule has 14 heteroatoms. The lowest BCUT2D eigenvalue weighted by Crippen LogP contribution is -2.43. The number of rotatable bonds is 5. The van der Waals surface area contributed by atoms with Crippen molar-refractivity contribution in [2.75, 3.05) is 27.2 Å². The summed E-state index contributed by atoms with van der Waals surface area (Å²) in [5.74, 6) is -4.95. The molecule has 1 amide bonds. The second-order valence-electron chi connectivity index (χ2n) is 11.8. The molecular weight excluding hydrogens is 626 g/mol. The molecule has 0 bridgehead atoms. The van der Waals surface area contributed by atoms with Gasteiger partial charge in [-0.3, -0.25) is 4.79 Å². The van der Waals surface area contributed by atoms with E-state index in [-0.39, 0.29) is 34.2 Å². The molecule has 2 aromatic carbocycles. The van der Waals surface area contributed by atoms with E-state index in [1.807, 2.05) is 25.1 Å². The highest BCUT2D eigenvalue weighted by atomic mass is 35.5. The molecule has 0 unspecified atom stereocenters. The van der Waals surface area contributed by atoms with Gasteiger partial charge in [0, 0.05) is 54.3 Å². The van der Waals surface area contributed by atoms with Crippen molar-refractivity contribution in [3.05, 3.63) is 82.4 Å². The van der Waals surface area contributed by atoms with Crippen LogP contribution in [0.1, 0.15) is 55.7 Å². The van der Waals surface area contributed by atoms with Gasteiger partial charge in [0.2, 0.25) is 5.91 Å². The third kappa shape index (κ3) is 7.63. The maximum atomic E-state index is 14.9. The van der Waals surface area contributed by atoms with E-state index in [9.17, 15) is 31.1 Å². The van der Waals surface area contributed by atoms with Crippen LogP contribution >= 0.6 is 11.6 Å². The number of carbonyl (C=O) groups is 2. The van der Waals surface area contributed by atoms with Gasteiger partial charge < -0.3 is 14.9 Å². The number of halogens is 7. The number of amides is 1. The number of hydrogen-bond donors (Lipinski definition) is 1. The van der Waals surface area contributed by atoms with Crippen LogP contribution in [-0.2, 0) is 9.59 Å². The van der Waals surface area contributed by atoms with E-state index in [0.29, 0.717) is 37.2 Å². The predicted molar refractivity (Wildman–Crippen MR) is 155 cm³/mol. The van der Waals surface area contributed by atoms with Gasteiger partial charge in [0.1, 0.15) is 17.5 Å². The third-order valence-corrected chi connectivity index (χ3v) is 9.14. The Balaban J connectivity index is 0.000000591. The van der Waals surface area contributed by atoms with E-state index < -0.39 is 29.6 Å². The van der Waals surface area contributed by atoms with Crippen LogP contribution in [0.3, 0.4) is 0 Å². The summed E-state index contributed by atoms with van der Waals surface area (Å²) < 4.78 is 75.7. The van der Waals surface area contributed by atoms with Gasteiger partial charge in [-0.15, -0.1) is 0 Å². The highest BCUT2D eigenvalue weighted by Gasteiger charge is 2.49. The topological polar surface area (TPSA) is 78.7 Å². The second-order valence-corrected chi connectivity index (χ2v) is 12.3. The fourth-order valence-electron chi connectivity index (χ4n) is 6.15. The second kappa shape index (κ2) is 13.4. The molecule has 45 heavy (non-hydrogen) atoms. The molecule has 5 rings (SSSR count). The summed E-state index contributed by atoms with van der Waals surface area (Å²) in [6.07, 6.45) is -0.640. The first-order valence-corrected chi connectivity index (χ1v) is 14.6. The van der Waals surface area contributed by atoms with Gasteiger partial charge in [-0.25, -0.2) is 22.6 Å². The molecule has 7 nitrogen and oxygen atoms in total. The van der Waals surface area contributed by atoms with E-state index in [4.69, 9.17) is 21.5 Å². The van der Waals surface area contributed by atoms with E-state index in [2.05, 4.69) is 16.9 Å². The Hall–Kier alpha value is -3.58. The van der Waals surface area contributed by atoms with Gasteiger partial charge in [0.15, 0.2) is 0 Å². The van der Waals surface area contributed by atoms with Crippen LogP contribution < -0.4 is 0 Å². The van der Waals surface area contributed by atoms with E-state index >= 15 is 0 Å². The first kappa shape index (κ1) is 34.3. The first-order valence-electron chi connectivity index (χ1n) is 14.2. The van der Waals surface area contributed by atoms with Crippen molar-refractivity contribution in [1.82, 2.24) is 19.6 Å². The smallest absolute Gasteiger partial charge is 0.475 e. The van der Waals surface area contributed by atoms with Gasteiger partial charge in [0.25, 0.3) is 0 Å². The lowest BCUT2D eigenvalue weighted by atomic mass is 9.86. The molecule has 1 aliphatic carbocycles. The average Bonchev–Trinajstić information content (AvgIpc) is 3.60. The first-order chi connectivity index (χ1) is 21.0. The van der Waals surface area contributed by atoms with Crippen molar-refractivity contribution < 1.29 is 41.0 Å². The summed E-state index contributed by atoms with van der Waals surface area (Å²) in [7, 11) is 3.96. The molecule has 0 radical (unpaired) electrons. The Kier molecular flexibility index (Phi) is 10.2. The maximum Gasteiger partial charge on any atom is 0.490 e. The number of carboxylic acid groups (broad SMARTS) is 1. The molecule has 2 aliphatic rings. The number of aliphatic carboxylic acids is 1. The zero-order valence-electron chi connectivity index (χ0n) is 24.8. The molecule has 3 aromatic rings. The maximum absolute atomic E-state index is 14.9. The lowest BCUT2D eigenvalue weighted by molar-refractivity contribution is -0.192. The number of likely N-dealkylation sites (tertiary alicyclic amines) is 1.